The molecule has 53 heavy (non-hydrogen) atoms. The van der Waals surface area contributed by atoms with E-state index in [0.29, 0.717) is 26.4 Å². The van der Waals surface area contributed by atoms with Crippen LogP contribution in [-0.4, -0.2) is 87.1 Å². The average molecular weight is 743 g/mol. The quantitative estimate of drug-likeness (QED) is 0.157. The fourth-order valence-electron chi connectivity index (χ4n) is 7.41. The third kappa shape index (κ3) is 8.41. The van der Waals surface area contributed by atoms with Gasteiger partial charge in [0.1, 0.15) is 36.6 Å². The van der Waals surface area contributed by atoms with Crippen LogP contribution < -0.4 is 0 Å². The van der Waals surface area contributed by atoms with Crippen molar-refractivity contribution in [2.75, 3.05) is 27.4 Å². The average Bonchev–Trinajstić information content (AvgIpc) is 3.23. The number of benzene rings is 4. The summed E-state index contributed by atoms with van der Waals surface area (Å²) < 4.78 is 65.1. The molecule has 8 rings (SSSR count). The fraction of sp³-hybridized carbons (Fsp3) is 0.429. The monoisotopic (exact) mass is 742 g/mol. The van der Waals surface area contributed by atoms with E-state index in [1.54, 1.807) is 26.0 Å². The topological polar surface area (TPSA) is 92.3 Å². The van der Waals surface area contributed by atoms with Crippen molar-refractivity contribution in [3.05, 3.63) is 144 Å². The van der Waals surface area contributed by atoms with Crippen molar-refractivity contribution in [1.82, 2.24) is 0 Å². The largest absolute Gasteiger partial charge is 0.369 e. The van der Waals surface area contributed by atoms with Gasteiger partial charge in [-0.15, -0.1) is 11.8 Å². The van der Waals surface area contributed by atoms with Gasteiger partial charge in [0.05, 0.1) is 36.9 Å². The van der Waals surface area contributed by atoms with Crippen molar-refractivity contribution in [2.45, 2.75) is 85.5 Å². The summed E-state index contributed by atoms with van der Waals surface area (Å²) in [5.41, 5.74) is 3.94. The summed E-state index contributed by atoms with van der Waals surface area (Å²) in [6.45, 7) is 1.37. The van der Waals surface area contributed by atoms with E-state index in [4.69, 9.17) is 47.4 Å². The molecule has 4 aromatic carbocycles. The Morgan fingerprint density at radius 2 is 0.962 bits per heavy atom. The minimum absolute atomic E-state index is 0.319. The highest BCUT2D eigenvalue weighted by Crippen LogP contribution is 2.46. The number of methoxy groups -OCH3 is 2. The standard InChI is InChI=1S/C42H46O10S/c1-43-41-36(46-24-28-17-9-4-10-18-28)37(34-32(49-41)26-48-40(52-34)30-21-13-6-14-22-30)53-38-35(45-23-27-15-7-3-8-16-27)33-31(50-42(38)44-2)25-47-39(51-33)29-19-11-5-12-20-29/h3-22,31-42H,23-26H2,1-2H3/t31-,32-,33-,34-,35+,36-,37-,38+,39-,40-,41-,42-/m1/s1. The van der Waals surface area contributed by atoms with Crippen molar-refractivity contribution in [2.24, 2.45) is 0 Å². The van der Waals surface area contributed by atoms with E-state index in [1.165, 1.54) is 0 Å². The number of ether oxygens (including phenoxy) is 10. The van der Waals surface area contributed by atoms with Gasteiger partial charge in [-0.2, -0.15) is 0 Å². The molecule has 10 nitrogen and oxygen atoms in total. The maximum atomic E-state index is 6.92. The van der Waals surface area contributed by atoms with Crippen LogP contribution >= 0.6 is 11.8 Å². The minimum atomic E-state index is -0.693. The molecule has 4 aromatic rings. The molecule has 0 bridgehead atoms. The first-order valence-corrected chi connectivity index (χ1v) is 19.1. The molecule has 0 N–H and O–H groups in total. The third-order valence-corrected chi connectivity index (χ3v) is 11.7. The molecular weight excluding hydrogens is 697 g/mol. The summed E-state index contributed by atoms with van der Waals surface area (Å²) in [5, 5.41) is -0.710. The molecule has 0 amide bonds. The van der Waals surface area contributed by atoms with Gasteiger partial charge in [0.2, 0.25) is 0 Å². The lowest BCUT2D eigenvalue weighted by Gasteiger charge is -2.52. The number of hydrogen-bond donors (Lipinski definition) is 0. The zero-order chi connectivity index (χ0) is 36.0. The van der Waals surface area contributed by atoms with Gasteiger partial charge in [-0.3, -0.25) is 0 Å². The zero-order valence-electron chi connectivity index (χ0n) is 29.8. The predicted octanol–water partition coefficient (Wildman–Crippen LogP) is 6.60. The Balaban J connectivity index is 1.14. The molecule has 12 atom stereocenters. The van der Waals surface area contributed by atoms with Crippen LogP contribution in [0.4, 0.5) is 0 Å². The van der Waals surface area contributed by atoms with E-state index >= 15 is 0 Å². The molecule has 4 aliphatic heterocycles. The normalized spacial score (nSPS) is 34.2. The van der Waals surface area contributed by atoms with Crippen LogP contribution in [0.5, 0.6) is 0 Å². The summed E-state index contributed by atoms with van der Waals surface area (Å²) in [7, 11) is 3.30. The van der Waals surface area contributed by atoms with Crippen molar-refractivity contribution in [1.29, 1.82) is 0 Å². The van der Waals surface area contributed by atoms with E-state index in [0.717, 1.165) is 22.3 Å². The minimum Gasteiger partial charge on any atom is -0.369 e. The van der Waals surface area contributed by atoms with Gasteiger partial charge in [-0.05, 0) is 11.1 Å². The lowest BCUT2D eigenvalue weighted by Crippen LogP contribution is -2.65. The van der Waals surface area contributed by atoms with Gasteiger partial charge in [0, 0.05) is 25.3 Å². The van der Waals surface area contributed by atoms with Gasteiger partial charge in [0.15, 0.2) is 25.2 Å². The molecule has 4 saturated heterocycles. The Kier molecular flexibility index (Phi) is 12.2. The van der Waals surface area contributed by atoms with Crippen LogP contribution in [0.25, 0.3) is 0 Å². The Bertz CT molecular complexity index is 1680. The first-order valence-electron chi connectivity index (χ1n) is 18.2. The molecule has 4 aliphatic rings. The van der Waals surface area contributed by atoms with Crippen molar-refractivity contribution >= 4 is 11.8 Å². The van der Waals surface area contributed by atoms with Gasteiger partial charge in [-0.1, -0.05) is 121 Å². The molecule has 280 valence electrons. The lowest BCUT2D eigenvalue weighted by atomic mass is 9.98. The van der Waals surface area contributed by atoms with Crippen LogP contribution in [-0.2, 0) is 60.6 Å². The first kappa shape index (κ1) is 36.8. The highest BCUT2D eigenvalue weighted by atomic mass is 32.2. The second kappa shape index (κ2) is 17.5. The number of thioether (sulfide) groups is 1. The summed E-state index contributed by atoms with van der Waals surface area (Å²) in [5.74, 6) is 0. The van der Waals surface area contributed by atoms with Crippen LogP contribution in [0.1, 0.15) is 34.8 Å². The highest BCUT2D eigenvalue weighted by Gasteiger charge is 2.57. The zero-order valence-corrected chi connectivity index (χ0v) is 30.6. The number of hydrogen-bond acceptors (Lipinski definition) is 11. The number of fused-ring (bicyclic) bond motifs is 2. The SMILES string of the molecule is CO[C@@H]1O[C@@H]2CO[C@@H](c3ccccc3)O[C@H]2[C@@H](S[C@@H]2[C@H](OC)O[C@@H]3CO[C@@H](c4ccccc4)O[C@H]3[C@@H]2OCc2ccccc2)[C@H]1OCc1ccccc1. The molecule has 11 heteroatoms. The van der Waals surface area contributed by atoms with Crippen LogP contribution in [0.15, 0.2) is 121 Å². The Morgan fingerprint density at radius 1 is 0.509 bits per heavy atom. The summed E-state index contributed by atoms with van der Waals surface area (Å²) >= 11 is 1.65. The number of rotatable bonds is 12. The van der Waals surface area contributed by atoms with Crippen molar-refractivity contribution in [3.8, 4) is 0 Å². The summed E-state index contributed by atoms with van der Waals surface area (Å²) in [6, 6.07) is 40.1. The first-order chi connectivity index (χ1) is 26.2. The predicted molar refractivity (Wildman–Crippen MR) is 197 cm³/mol. The lowest BCUT2D eigenvalue weighted by molar-refractivity contribution is -0.339. The van der Waals surface area contributed by atoms with E-state index in [2.05, 4.69) is 12.1 Å². The van der Waals surface area contributed by atoms with Gasteiger partial charge in [-0.25, -0.2) is 0 Å². The van der Waals surface area contributed by atoms with E-state index in [1.807, 2.05) is 109 Å². The Labute approximate surface area is 314 Å². The Morgan fingerprint density at radius 3 is 1.49 bits per heavy atom. The Hall–Kier alpha value is -3.17. The highest BCUT2D eigenvalue weighted by molar-refractivity contribution is 8.00. The molecule has 0 aromatic heterocycles. The van der Waals surface area contributed by atoms with Crippen LogP contribution in [0.2, 0.25) is 0 Å². The molecule has 4 fully saturated rings. The van der Waals surface area contributed by atoms with E-state index in [9.17, 15) is 0 Å². The van der Waals surface area contributed by atoms with Crippen molar-refractivity contribution < 1.29 is 47.4 Å². The van der Waals surface area contributed by atoms with E-state index in [-0.39, 0.29) is 10.5 Å². The second-order valence-corrected chi connectivity index (χ2v) is 14.9. The van der Waals surface area contributed by atoms with Crippen LogP contribution in [0.3, 0.4) is 0 Å². The summed E-state index contributed by atoms with van der Waals surface area (Å²) in [4.78, 5) is 0. The van der Waals surface area contributed by atoms with E-state index < -0.39 is 61.8 Å². The molecule has 0 saturated carbocycles. The smallest absolute Gasteiger partial charge is 0.185 e. The second-order valence-electron chi connectivity index (χ2n) is 13.5. The molecular formula is C42H46O10S. The van der Waals surface area contributed by atoms with Gasteiger partial charge in [0.25, 0.3) is 0 Å². The molecule has 0 aliphatic carbocycles. The van der Waals surface area contributed by atoms with Gasteiger partial charge < -0.3 is 47.4 Å². The molecule has 0 unspecified atom stereocenters. The van der Waals surface area contributed by atoms with Gasteiger partial charge >= 0.3 is 0 Å². The molecule has 0 spiro atoms. The molecule has 4 heterocycles. The molecule has 0 radical (unpaired) electrons. The maximum absolute atomic E-state index is 6.92. The third-order valence-electron chi connectivity index (χ3n) is 10.1. The van der Waals surface area contributed by atoms with Crippen molar-refractivity contribution in [3.63, 3.8) is 0 Å². The van der Waals surface area contributed by atoms with Crippen LogP contribution in [0, 0.1) is 0 Å². The maximum Gasteiger partial charge on any atom is 0.185 e. The fourth-order valence-corrected chi connectivity index (χ4v) is 9.22. The summed E-state index contributed by atoms with van der Waals surface area (Å²) in [6.07, 6.45) is -5.28.